The largest absolute Gasteiger partial charge is 0.486 e. The minimum Gasteiger partial charge on any atom is -0.486 e. The van der Waals surface area contributed by atoms with Crippen LogP contribution in [0.5, 0.6) is 11.5 Å². The van der Waals surface area contributed by atoms with Gasteiger partial charge in [-0.15, -0.1) is 0 Å². The first-order valence-electron chi connectivity index (χ1n) is 9.22. The predicted molar refractivity (Wildman–Crippen MR) is 99.8 cm³/mol. The predicted octanol–water partition coefficient (Wildman–Crippen LogP) is 2.38. The molecule has 2 aromatic carbocycles. The van der Waals surface area contributed by atoms with Crippen molar-refractivity contribution in [1.29, 1.82) is 0 Å². The Morgan fingerprint density at radius 3 is 2.63 bits per heavy atom. The molecule has 0 aliphatic carbocycles. The molecule has 6 heteroatoms. The summed E-state index contributed by atoms with van der Waals surface area (Å²) in [5, 5.41) is 2.89. The number of rotatable bonds is 5. The Morgan fingerprint density at radius 2 is 1.89 bits per heavy atom. The number of ether oxygens (including phenoxy) is 2. The summed E-state index contributed by atoms with van der Waals surface area (Å²) in [7, 11) is 0. The van der Waals surface area contributed by atoms with Crippen molar-refractivity contribution >= 4 is 11.8 Å². The van der Waals surface area contributed by atoms with E-state index >= 15 is 0 Å². The van der Waals surface area contributed by atoms with Crippen LogP contribution in [-0.2, 0) is 11.3 Å². The highest BCUT2D eigenvalue weighted by Crippen LogP contribution is 2.30. The van der Waals surface area contributed by atoms with E-state index < -0.39 is 0 Å². The molecule has 27 heavy (non-hydrogen) atoms. The van der Waals surface area contributed by atoms with Crippen LogP contribution in [-0.4, -0.2) is 42.5 Å². The third-order valence-corrected chi connectivity index (χ3v) is 4.82. The van der Waals surface area contributed by atoms with E-state index in [9.17, 15) is 9.59 Å². The van der Waals surface area contributed by atoms with Gasteiger partial charge in [-0.2, -0.15) is 0 Å². The summed E-state index contributed by atoms with van der Waals surface area (Å²) in [6, 6.07) is 14.9. The fourth-order valence-electron chi connectivity index (χ4n) is 3.33. The second-order valence-corrected chi connectivity index (χ2v) is 6.82. The van der Waals surface area contributed by atoms with Crippen molar-refractivity contribution in [3.05, 3.63) is 59.7 Å². The average molecular weight is 366 g/mol. The summed E-state index contributed by atoms with van der Waals surface area (Å²) in [5.74, 6) is 1.48. The Balaban J connectivity index is 1.29. The van der Waals surface area contributed by atoms with Gasteiger partial charge in [0.2, 0.25) is 5.91 Å². The molecule has 2 aliphatic heterocycles. The Bertz CT molecular complexity index is 834. The molecule has 1 atom stereocenters. The van der Waals surface area contributed by atoms with Crippen LogP contribution in [0.4, 0.5) is 0 Å². The number of nitrogens with zero attached hydrogens (tertiary/aromatic N) is 1. The Hall–Kier alpha value is -3.02. The molecule has 0 bridgehead atoms. The van der Waals surface area contributed by atoms with Crippen LogP contribution in [0.3, 0.4) is 0 Å². The van der Waals surface area contributed by atoms with Gasteiger partial charge in [0.1, 0.15) is 12.7 Å². The number of fused-ring (bicyclic) bond motifs is 1. The molecule has 2 amide bonds. The number of para-hydroxylation sites is 2. The molecule has 0 saturated carbocycles. The van der Waals surface area contributed by atoms with E-state index in [0.29, 0.717) is 37.4 Å². The van der Waals surface area contributed by atoms with E-state index in [4.69, 9.17) is 9.47 Å². The van der Waals surface area contributed by atoms with Crippen LogP contribution >= 0.6 is 0 Å². The summed E-state index contributed by atoms with van der Waals surface area (Å²) in [5.41, 5.74) is 1.62. The third kappa shape index (κ3) is 4.05. The van der Waals surface area contributed by atoms with E-state index in [1.807, 2.05) is 41.3 Å². The van der Waals surface area contributed by atoms with Gasteiger partial charge in [0, 0.05) is 25.1 Å². The van der Waals surface area contributed by atoms with E-state index in [-0.39, 0.29) is 17.9 Å². The van der Waals surface area contributed by atoms with Gasteiger partial charge in [-0.25, -0.2) is 0 Å². The average Bonchev–Trinajstić information content (AvgIpc) is 3.11. The van der Waals surface area contributed by atoms with Gasteiger partial charge in [0.05, 0.1) is 6.54 Å². The highest BCUT2D eigenvalue weighted by molar-refractivity contribution is 5.94. The van der Waals surface area contributed by atoms with E-state index in [1.54, 1.807) is 12.1 Å². The molecular weight excluding hydrogens is 344 g/mol. The zero-order valence-corrected chi connectivity index (χ0v) is 15.0. The number of hydrogen-bond donors (Lipinski definition) is 1. The zero-order valence-electron chi connectivity index (χ0n) is 15.0. The Kier molecular flexibility index (Phi) is 4.96. The van der Waals surface area contributed by atoms with Crippen LogP contribution in [0.1, 0.15) is 28.8 Å². The molecule has 140 valence electrons. The monoisotopic (exact) mass is 366 g/mol. The second kappa shape index (κ2) is 7.70. The molecular formula is C21H22N2O4. The summed E-state index contributed by atoms with van der Waals surface area (Å²) in [6.45, 7) is 2.19. The van der Waals surface area contributed by atoms with Crippen LogP contribution in [0.2, 0.25) is 0 Å². The molecule has 0 unspecified atom stereocenters. The minimum atomic E-state index is -0.218. The van der Waals surface area contributed by atoms with E-state index in [2.05, 4.69) is 5.32 Å². The summed E-state index contributed by atoms with van der Waals surface area (Å²) >= 11 is 0. The van der Waals surface area contributed by atoms with Crippen LogP contribution in [0.15, 0.2) is 48.5 Å². The number of benzene rings is 2. The second-order valence-electron chi connectivity index (χ2n) is 6.82. The van der Waals surface area contributed by atoms with Crippen LogP contribution in [0, 0.1) is 0 Å². The highest BCUT2D eigenvalue weighted by atomic mass is 16.6. The van der Waals surface area contributed by atoms with Gasteiger partial charge in [0.15, 0.2) is 11.5 Å². The lowest BCUT2D eigenvalue weighted by Gasteiger charge is -2.26. The molecule has 0 radical (unpaired) electrons. The van der Waals surface area contributed by atoms with Gasteiger partial charge in [-0.1, -0.05) is 24.3 Å². The molecule has 2 heterocycles. The highest BCUT2D eigenvalue weighted by Gasteiger charge is 2.22. The van der Waals surface area contributed by atoms with Crippen molar-refractivity contribution in [1.82, 2.24) is 10.2 Å². The summed E-state index contributed by atoms with van der Waals surface area (Å²) in [6.07, 6.45) is 1.35. The molecule has 1 saturated heterocycles. The number of likely N-dealkylation sites (tertiary alicyclic amines) is 1. The fraction of sp³-hybridized carbons (Fsp3) is 0.333. The number of amides is 2. The molecule has 1 fully saturated rings. The van der Waals surface area contributed by atoms with Crippen molar-refractivity contribution in [2.24, 2.45) is 0 Å². The molecule has 0 spiro atoms. The lowest BCUT2D eigenvalue weighted by atomic mass is 10.1. The smallest absolute Gasteiger partial charge is 0.251 e. The van der Waals surface area contributed by atoms with Crippen molar-refractivity contribution in [3.63, 3.8) is 0 Å². The lowest BCUT2D eigenvalue weighted by Crippen LogP contribution is -2.40. The van der Waals surface area contributed by atoms with Crippen molar-refractivity contribution in [2.45, 2.75) is 25.5 Å². The van der Waals surface area contributed by atoms with Crippen molar-refractivity contribution in [3.8, 4) is 11.5 Å². The topological polar surface area (TPSA) is 67.9 Å². The molecule has 2 aliphatic rings. The van der Waals surface area contributed by atoms with Crippen molar-refractivity contribution < 1.29 is 19.1 Å². The van der Waals surface area contributed by atoms with E-state index in [0.717, 1.165) is 24.3 Å². The SMILES string of the molecule is O=C(NC[C@H]1COc2ccccc2O1)c1ccc(CN2CCCC2=O)cc1. The maximum atomic E-state index is 12.4. The number of hydrogen-bond acceptors (Lipinski definition) is 4. The lowest BCUT2D eigenvalue weighted by molar-refractivity contribution is -0.128. The minimum absolute atomic E-state index is 0.152. The molecule has 4 rings (SSSR count). The molecule has 2 aromatic rings. The zero-order chi connectivity index (χ0) is 18.6. The number of carbonyl (C=O) groups excluding carboxylic acids is 2. The quantitative estimate of drug-likeness (QED) is 0.882. The maximum Gasteiger partial charge on any atom is 0.251 e. The standard InChI is InChI=1S/C21H22N2O4/c24-20-6-3-11-23(20)13-15-7-9-16(10-8-15)21(25)22-12-17-14-26-18-4-1-2-5-19(18)27-17/h1-2,4-5,7-10,17H,3,6,11-14H2,(H,22,25)/t17-/m0/s1. The first-order chi connectivity index (χ1) is 13.2. The first-order valence-corrected chi connectivity index (χ1v) is 9.22. The van der Waals surface area contributed by atoms with E-state index in [1.165, 1.54) is 0 Å². The molecule has 6 nitrogen and oxygen atoms in total. The molecule has 0 aromatic heterocycles. The summed E-state index contributed by atoms with van der Waals surface area (Å²) < 4.78 is 11.5. The number of carbonyl (C=O) groups is 2. The summed E-state index contributed by atoms with van der Waals surface area (Å²) in [4.78, 5) is 25.9. The van der Waals surface area contributed by atoms with Gasteiger partial charge >= 0.3 is 0 Å². The third-order valence-electron chi connectivity index (χ3n) is 4.82. The molecule has 1 N–H and O–H groups in total. The van der Waals surface area contributed by atoms with Crippen molar-refractivity contribution in [2.75, 3.05) is 19.7 Å². The van der Waals surface area contributed by atoms with Gasteiger partial charge in [0.25, 0.3) is 5.91 Å². The Morgan fingerprint density at radius 1 is 1.11 bits per heavy atom. The first kappa shape index (κ1) is 17.4. The Labute approximate surface area is 158 Å². The maximum absolute atomic E-state index is 12.4. The van der Waals surface area contributed by atoms with Gasteiger partial charge < -0.3 is 19.7 Å². The normalized spacial score (nSPS) is 18.4. The fourth-order valence-corrected chi connectivity index (χ4v) is 3.33. The van der Waals surface area contributed by atoms with Crippen LogP contribution < -0.4 is 14.8 Å². The van der Waals surface area contributed by atoms with Gasteiger partial charge in [-0.3, -0.25) is 9.59 Å². The van der Waals surface area contributed by atoms with Crippen LogP contribution in [0.25, 0.3) is 0 Å². The number of nitrogens with one attached hydrogen (secondary N) is 1. The van der Waals surface area contributed by atoms with Gasteiger partial charge in [-0.05, 0) is 36.2 Å².